The average molecular weight is 332 g/mol. The van der Waals surface area contributed by atoms with Crippen LogP contribution < -0.4 is 21.9 Å². The lowest BCUT2D eigenvalue weighted by molar-refractivity contribution is -0.130. The van der Waals surface area contributed by atoms with Crippen LogP contribution in [0, 0.1) is 6.92 Å². The number of nitrogens with one attached hydrogen (secondary N) is 2. The van der Waals surface area contributed by atoms with E-state index in [2.05, 4.69) is 20.2 Å². The Morgan fingerprint density at radius 2 is 2.21 bits per heavy atom. The maximum Gasteiger partial charge on any atom is 0.325 e. The Kier molecular flexibility index (Phi) is 4.13. The van der Waals surface area contributed by atoms with Gasteiger partial charge in [0.1, 0.15) is 5.69 Å². The minimum absolute atomic E-state index is 0.197. The lowest BCUT2D eigenvalue weighted by atomic mass is 10.1. The molecule has 1 fully saturated rings. The number of aromatic amines is 2. The van der Waals surface area contributed by atoms with Gasteiger partial charge in [-0.1, -0.05) is 0 Å². The van der Waals surface area contributed by atoms with E-state index in [-0.39, 0.29) is 5.56 Å². The molecule has 126 valence electrons. The zero-order valence-corrected chi connectivity index (χ0v) is 12.9. The van der Waals surface area contributed by atoms with Crippen LogP contribution >= 0.6 is 0 Å². The highest BCUT2D eigenvalue weighted by Gasteiger charge is 2.26. The molecule has 1 atom stereocenters. The molecule has 3 heterocycles. The lowest BCUT2D eigenvalue weighted by Gasteiger charge is -2.33. The van der Waals surface area contributed by atoms with Gasteiger partial charge in [0.15, 0.2) is 6.10 Å². The third-order valence-electron chi connectivity index (χ3n) is 3.77. The van der Waals surface area contributed by atoms with Gasteiger partial charge in [-0.25, -0.2) is 4.79 Å². The second kappa shape index (κ2) is 6.24. The first-order valence-electron chi connectivity index (χ1n) is 7.28. The summed E-state index contributed by atoms with van der Waals surface area (Å²) in [5, 5.41) is 8.08. The molecule has 2 aromatic rings. The van der Waals surface area contributed by atoms with Crippen LogP contribution in [0.25, 0.3) is 11.3 Å². The smallest absolute Gasteiger partial charge is 0.325 e. The largest absolute Gasteiger partial charge is 0.367 e. The highest BCUT2D eigenvalue weighted by molar-refractivity contribution is 5.80. The fraction of sp³-hybridized carbons (Fsp3) is 0.357. The zero-order valence-electron chi connectivity index (χ0n) is 12.9. The van der Waals surface area contributed by atoms with Crippen molar-refractivity contribution in [2.45, 2.75) is 13.0 Å². The highest BCUT2D eigenvalue weighted by Crippen LogP contribution is 2.24. The van der Waals surface area contributed by atoms with Gasteiger partial charge in [0, 0.05) is 12.7 Å². The maximum absolute atomic E-state index is 11.9. The number of rotatable bonds is 3. The van der Waals surface area contributed by atoms with E-state index >= 15 is 0 Å². The number of aryl methyl sites for hydroxylation is 1. The molecule has 1 saturated heterocycles. The topological polar surface area (TPSA) is 147 Å². The fourth-order valence-electron chi connectivity index (χ4n) is 2.53. The second-order valence-corrected chi connectivity index (χ2v) is 5.39. The SMILES string of the molecule is Cc1nnc(-c2c[nH]c(=O)[nH]c2=O)cc1N1CCOC(C(N)=O)C1. The molecule has 1 aliphatic heterocycles. The van der Waals surface area contributed by atoms with E-state index in [9.17, 15) is 14.4 Å². The van der Waals surface area contributed by atoms with Crippen molar-refractivity contribution in [1.29, 1.82) is 0 Å². The molecule has 3 rings (SSSR count). The first-order chi connectivity index (χ1) is 11.5. The maximum atomic E-state index is 11.9. The Labute approximate surface area is 135 Å². The van der Waals surface area contributed by atoms with E-state index in [1.165, 1.54) is 6.20 Å². The molecule has 1 amide bonds. The van der Waals surface area contributed by atoms with Crippen LogP contribution in [0.15, 0.2) is 21.9 Å². The van der Waals surface area contributed by atoms with Gasteiger partial charge in [-0.2, -0.15) is 5.10 Å². The van der Waals surface area contributed by atoms with E-state index in [1.54, 1.807) is 13.0 Å². The number of H-pyrrole nitrogens is 2. The fourth-order valence-corrected chi connectivity index (χ4v) is 2.53. The molecular formula is C14H16N6O4. The van der Waals surface area contributed by atoms with Crippen LogP contribution in [0.1, 0.15) is 5.69 Å². The van der Waals surface area contributed by atoms with E-state index in [0.717, 1.165) is 5.69 Å². The molecule has 0 bridgehead atoms. The Morgan fingerprint density at radius 3 is 2.92 bits per heavy atom. The Bertz CT molecular complexity index is 889. The summed E-state index contributed by atoms with van der Waals surface area (Å²) in [5.41, 5.74) is 6.03. The summed E-state index contributed by atoms with van der Waals surface area (Å²) in [6.07, 6.45) is 0.585. The molecule has 0 aliphatic carbocycles. The molecule has 0 saturated carbocycles. The van der Waals surface area contributed by atoms with Gasteiger partial charge in [-0.05, 0) is 13.0 Å². The van der Waals surface area contributed by atoms with Gasteiger partial charge in [0.2, 0.25) is 5.91 Å². The number of anilines is 1. The van der Waals surface area contributed by atoms with Gasteiger partial charge in [-0.15, -0.1) is 5.10 Å². The van der Waals surface area contributed by atoms with Crippen molar-refractivity contribution in [2.24, 2.45) is 5.73 Å². The summed E-state index contributed by atoms with van der Waals surface area (Å²) < 4.78 is 5.33. The number of aromatic nitrogens is 4. The number of ether oxygens (including phenoxy) is 1. The van der Waals surface area contributed by atoms with Crippen LogP contribution in [0.3, 0.4) is 0 Å². The summed E-state index contributed by atoms with van der Waals surface area (Å²) in [6.45, 7) is 2.98. The predicted molar refractivity (Wildman–Crippen MR) is 84.6 cm³/mol. The van der Waals surface area contributed by atoms with Crippen LogP contribution in [-0.4, -0.2) is 51.9 Å². The number of amides is 1. The van der Waals surface area contributed by atoms with Crippen molar-refractivity contribution in [3.63, 3.8) is 0 Å². The minimum Gasteiger partial charge on any atom is -0.367 e. The molecule has 0 radical (unpaired) electrons. The first kappa shape index (κ1) is 15.9. The van der Waals surface area contributed by atoms with Crippen molar-refractivity contribution >= 4 is 11.6 Å². The van der Waals surface area contributed by atoms with Gasteiger partial charge in [0.25, 0.3) is 5.56 Å². The summed E-state index contributed by atoms with van der Waals surface area (Å²) in [6, 6.07) is 1.69. The van der Waals surface area contributed by atoms with Crippen LogP contribution in [0.2, 0.25) is 0 Å². The van der Waals surface area contributed by atoms with E-state index < -0.39 is 23.3 Å². The number of primary amides is 1. The third kappa shape index (κ3) is 3.04. The molecule has 4 N–H and O–H groups in total. The van der Waals surface area contributed by atoms with Gasteiger partial charge in [0.05, 0.1) is 30.1 Å². The molecule has 10 nitrogen and oxygen atoms in total. The van der Waals surface area contributed by atoms with Crippen LogP contribution in [-0.2, 0) is 9.53 Å². The third-order valence-corrected chi connectivity index (χ3v) is 3.77. The average Bonchev–Trinajstić information content (AvgIpc) is 2.56. The number of nitrogens with two attached hydrogens (primary N) is 1. The number of carbonyl (C=O) groups is 1. The molecule has 10 heteroatoms. The Balaban J connectivity index is 1.99. The number of hydrogen-bond donors (Lipinski definition) is 3. The quantitative estimate of drug-likeness (QED) is 0.621. The Hall–Kier alpha value is -3.01. The second-order valence-electron chi connectivity index (χ2n) is 5.39. The highest BCUT2D eigenvalue weighted by atomic mass is 16.5. The lowest BCUT2D eigenvalue weighted by Crippen LogP contribution is -2.48. The van der Waals surface area contributed by atoms with Crippen molar-refractivity contribution in [3.8, 4) is 11.3 Å². The first-order valence-corrected chi connectivity index (χ1v) is 7.28. The monoisotopic (exact) mass is 332 g/mol. The standard InChI is InChI=1S/C14H16N6O4/c1-7-10(20-2-3-24-11(6-20)12(15)21)4-9(19-18-7)8-5-16-14(23)17-13(8)22/h4-5,11H,2-3,6H2,1H3,(H2,15,21)(H2,16,17,22,23). The van der Waals surface area contributed by atoms with E-state index in [4.69, 9.17) is 10.5 Å². The summed E-state index contributed by atoms with van der Waals surface area (Å²) in [5.74, 6) is -0.531. The van der Waals surface area contributed by atoms with Gasteiger partial charge >= 0.3 is 5.69 Å². The van der Waals surface area contributed by atoms with E-state index in [1.807, 2.05) is 4.90 Å². The zero-order chi connectivity index (χ0) is 17.3. The molecule has 1 aliphatic rings. The van der Waals surface area contributed by atoms with Gasteiger partial charge < -0.3 is 20.4 Å². The molecular weight excluding hydrogens is 316 g/mol. The molecule has 1 unspecified atom stereocenters. The predicted octanol–water partition coefficient (Wildman–Crippen LogP) is -1.48. The van der Waals surface area contributed by atoms with Crippen molar-refractivity contribution in [2.75, 3.05) is 24.6 Å². The van der Waals surface area contributed by atoms with E-state index in [0.29, 0.717) is 31.1 Å². The Morgan fingerprint density at radius 1 is 1.42 bits per heavy atom. The summed E-state index contributed by atoms with van der Waals surface area (Å²) in [4.78, 5) is 40.8. The number of carbonyl (C=O) groups excluding carboxylic acids is 1. The minimum atomic E-state index is -0.703. The van der Waals surface area contributed by atoms with Crippen molar-refractivity contribution in [1.82, 2.24) is 20.2 Å². The summed E-state index contributed by atoms with van der Waals surface area (Å²) in [7, 11) is 0. The normalized spacial score (nSPS) is 17.7. The van der Waals surface area contributed by atoms with Crippen molar-refractivity contribution in [3.05, 3.63) is 38.8 Å². The van der Waals surface area contributed by atoms with Crippen LogP contribution in [0.5, 0.6) is 0 Å². The number of morpholine rings is 1. The summed E-state index contributed by atoms with van der Waals surface area (Å²) >= 11 is 0. The number of nitrogens with zero attached hydrogens (tertiary/aromatic N) is 3. The molecule has 0 spiro atoms. The number of hydrogen-bond acceptors (Lipinski definition) is 7. The van der Waals surface area contributed by atoms with Crippen LogP contribution in [0.4, 0.5) is 5.69 Å². The van der Waals surface area contributed by atoms with Gasteiger partial charge in [-0.3, -0.25) is 14.6 Å². The molecule has 0 aromatic carbocycles. The van der Waals surface area contributed by atoms with Crippen molar-refractivity contribution < 1.29 is 9.53 Å². The molecule has 2 aromatic heterocycles. The molecule has 24 heavy (non-hydrogen) atoms.